The van der Waals surface area contributed by atoms with E-state index in [0.717, 1.165) is 25.7 Å². The average molecular weight is 323 g/mol. The molecule has 0 aromatic heterocycles. The van der Waals surface area contributed by atoms with Crippen LogP contribution >= 0.6 is 23.2 Å². The minimum Gasteiger partial charge on any atom is -0.396 e. The van der Waals surface area contributed by atoms with E-state index in [9.17, 15) is 8.42 Å². The molecule has 0 aliphatic heterocycles. The zero-order chi connectivity index (χ0) is 14.3. The van der Waals surface area contributed by atoms with Crippen molar-refractivity contribution in [3.63, 3.8) is 0 Å². The number of anilines is 1. The van der Waals surface area contributed by atoms with E-state index in [2.05, 4.69) is 4.72 Å². The van der Waals surface area contributed by atoms with Crippen LogP contribution < -0.4 is 10.5 Å². The predicted molar refractivity (Wildman–Crippen MR) is 78.1 cm³/mol. The van der Waals surface area contributed by atoms with Gasteiger partial charge in [-0.1, -0.05) is 30.1 Å². The van der Waals surface area contributed by atoms with E-state index in [0.29, 0.717) is 0 Å². The predicted octanol–water partition coefficient (Wildman–Crippen LogP) is 3.19. The van der Waals surface area contributed by atoms with Crippen LogP contribution in [0.15, 0.2) is 17.0 Å². The number of nitrogen functional groups attached to an aromatic ring is 1. The van der Waals surface area contributed by atoms with Crippen molar-refractivity contribution in [2.24, 2.45) is 0 Å². The van der Waals surface area contributed by atoms with E-state index in [-0.39, 0.29) is 26.2 Å². The van der Waals surface area contributed by atoms with E-state index < -0.39 is 10.0 Å². The Labute approximate surface area is 123 Å². The summed E-state index contributed by atoms with van der Waals surface area (Å²) < 4.78 is 27.5. The molecule has 0 bridgehead atoms. The molecule has 19 heavy (non-hydrogen) atoms. The highest BCUT2D eigenvalue weighted by Gasteiger charge is 2.39. The molecule has 2 rings (SSSR count). The van der Waals surface area contributed by atoms with Crippen molar-refractivity contribution < 1.29 is 8.42 Å². The van der Waals surface area contributed by atoms with Crippen LogP contribution in [0.5, 0.6) is 0 Å². The Morgan fingerprint density at radius 2 is 2.00 bits per heavy atom. The molecule has 1 aromatic carbocycles. The lowest BCUT2D eigenvalue weighted by Crippen LogP contribution is -2.52. The van der Waals surface area contributed by atoms with Crippen molar-refractivity contribution in [3.05, 3.63) is 22.2 Å². The van der Waals surface area contributed by atoms with Gasteiger partial charge in [-0.2, -0.15) is 0 Å². The molecule has 0 heterocycles. The fourth-order valence-corrected chi connectivity index (χ4v) is 4.53. The van der Waals surface area contributed by atoms with Gasteiger partial charge in [0.25, 0.3) is 0 Å². The summed E-state index contributed by atoms with van der Waals surface area (Å²) in [5.74, 6) is 0. The largest absolute Gasteiger partial charge is 0.396 e. The molecule has 0 amide bonds. The minimum atomic E-state index is -3.68. The molecule has 0 saturated heterocycles. The number of nitrogens with two attached hydrogens (primary N) is 1. The molecular formula is C12H16Cl2N2O2S. The van der Waals surface area contributed by atoms with Gasteiger partial charge >= 0.3 is 0 Å². The van der Waals surface area contributed by atoms with Gasteiger partial charge in [-0.3, -0.25) is 0 Å². The Balaban J connectivity index is 2.38. The number of halogens is 2. The van der Waals surface area contributed by atoms with Crippen LogP contribution in [0.4, 0.5) is 5.69 Å². The Kier molecular flexibility index (Phi) is 4.02. The summed E-state index contributed by atoms with van der Waals surface area (Å²) in [5, 5.41) is 0.225. The van der Waals surface area contributed by atoms with Crippen LogP contribution in [0.3, 0.4) is 0 Å². The maximum Gasteiger partial charge on any atom is 0.242 e. The molecule has 106 valence electrons. The summed E-state index contributed by atoms with van der Waals surface area (Å²) in [6, 6.07) is 2.82. The third-order valence-electron chi connectivity index (χ3n) is 3.72. The minimum absolute atomic E-state index is 0.0178. The van der Waals surface area contributed by atoms with Crippen molar-refractivity contribution >= 4 is 38.9 Å². The zero-order valence-electron chi connectivity index (χ0n) is 10.5. The topological polar surface area (TPSA) is 72.2 Å². The molecule has 1 saturated carbocycles. The first-order valence-corrected chi connectivity index (χ1v) is 8.33. The summed E-state index contributed by atoms with van der Waals surface area (Å²) in [4.78, 5) is -0.0178. The smallest absolute Gasteiger partial charge is 0.242 e. The van der Waals surface area contributed by atoms with E-state index >= 15 is 0 Å². The van der Waals surface area contributed by atoms with E-state index in [4.69, 9.17) is 28.9 Å². The monoisotopic (exact) mass is 322 g/mol. The van der Waals surface area contributed by atoms with Crippen molar-refractivity contribution in [2.75, 3.05) is 5.73 Å². The first kappa shape index (κ1) is 14.9. The number of hydrogen-bond acceptors (Lipinski definition) is 3. The van der Waals surface area contributed by atoms with Crippen molar-refractivity contribution in [2.45, 2.75) is 43.0 Å². The second-order valence-electron chi connectivity index (χ2n) is 4.87. The summed E-state index contributed by atoms with van der Waals surface area (Å²) >= 11 is 11.8. The van der Waals surface area contributed by atoms with E-state index in [1.54, 1.807) is 0 Å². The molecule has 0 radical (unpaired) electrons. The average Bonchev–Trinajstić information content (AvgIpc) is 2.30. The number of benzene rings is 1. The van der Waals surface area contributed by atoms with E-state index in [1.165, 1.54) is 12.1 Å². The lowest BCUT2D eigenvalue weighted by atomic mass is 9.76. The number of nitrogens with one attached hydrogen (secondary N) is 1. The normalized spacial score (nSPS) is 18.1. The number of rotatable bonds is 4. The molecule has 4 nitrogen and oxygen atoms in total. The highest BCUT2D eigenvalue weighted by Crippen LogP contribution is 2.38. The maximum absolute atomic E-state index is 12.4. The van der Waals surface area contributed by atoms with Crippen LogP contribution in [0.2, 0.25) is 10.0 Å². The molecule has 1 aromatic rings. The lowest BCUT2D eigenvalue weighted by molar-refractivity contribution is 0.214. The van der Waals surface area contributed by atoms with Gasteiger partial charge in [0.2, 0.25) is 10.0 Å². The highest BCUT2D eigenvalue weighted by atomic mass is 35.5. The summed E-state index contributed by atoms with van der Waals surface area (Å²) in [7, 11) is -3.68. The first-order valence-electron chi connectivity index (χ1n) is 6.09. The van der Waals surface area contributed by atoms with Gasteiger partial charge in [0.15, 0.2) is 0 Å². The number of sulfonamides is 1. The molecule has 0 spiro atoms. The molecule has 1 aliphatic rings. The van der Waals surface area contributed by atoms with Gasteiger partial charge < -0.3 is 5.73 Å². The second kappa shape index (κ2) is 5.13. The Morgan fingerprint density at radius 3 is 2.47 bits per heavy atom. The molecule has 7 heteroatoms. The Morgan fingerprint density at radius 1 is 1.37 bits per heavy atom. The quantitative estimate of drug-likeness (QED) is 0.836. The maximum atomic E-state index is 12.4. The van der Waals surface area contributed by atoms with Crippen molar-refractivity contribution in [1.29, 1.82) is 0 Å². The standard InChI is InChI=1S/C12H16Cl2N2O2S/c1-2-12(6-3-7-12)16-19(17,18)9-5-4-8(13)11(15)10(9)14/h4-5,16H,2-3,6-7,15H2,1H3. The molecule has 3 N–H and O–H groups in total. The van der Waals surface area contributed by atoms with Crippen LogP contribution in [-0.2, 0) is 10.0 Å². The first-order chi connectivity index (χ1) is 8.81. The fraction of sp³-hybridized carbons (Fsp3) is 0.500. The van der Waals surface area contributed by atoms with Gasteiger partial charge in [0.05, 0.1) is 15.7 Å². The van der Waals surface area contributed by atoms with Crippen LogP contribution in [-0.4, -0.2) is 14.0 Å². The molecule has 1 fully saturated rings. The molecular weight excluding hydrogens is 307 g/mol. The fourth-order valence-electron chi connectivity index (χ4n) is 2.23. The second-order valence-corrected chi connectivity index (χ2v) is 7.30. The third kappa shape index (κ3) is 2.70. The number of hydrogen-bond donors (Lipinski definition) is 2. The van der Waals surface area contributed by atoms with Crippen LogP contribution in [0.1, 0.15) is 32.6 Å². The summed E-state index contributed by atoms with van der Waals surface area (Å²) in [6.07, 6.45) is 3.49. The Hall–Kier alpha value is -0.490. The van der Waals surface area contributed by atoms with Crippen LogP contribution in [0.25, 0.3) is 0 Å². The van der Waals surface area contributed by atoms with Gasteiger partial charge in [0, 0.05) is 5.54 Å². The lowest BCUT2D eigenvalue weighted by Gasteiger charge is -2.41. The van der Waals surface area contributed by atoms with E-state index in [1.807, 2.05) is 6.92 Å². The van der Waals surface area contributed by atoms with Gasteiger partial charge in [-0.05, 0) is 37.8 Å². The van der Waals surface area contributed by atoms with Crippen LogP contribution in [0, 0.1) is 0 Å². The Bertz CT molecular complexity index is 592. The SMILES string of the molecule is CCC1(NS(=O)(=O)c2ccc(Cl)c(N)c2Cl)CCC1. The van der Waals surface area contributed by atoms with Crippen molar-refractivity contribution in [3.8, 4) is 0 Å². The van der Waals surface area contributed by atoms with Gasteiger partial charge in [-0.25, -0.2) is 13.1 Å². The zero-order valence-corrected chi connectivity index (χ0v) is 12.9. The molecule has 0 atom stereocenters. The molecule has 1 aliphatic carbocycles. The molecule has 0 unspecified atom stereocenters. The van der Waals surface area contributed by atoms with Gasteiger partial charge in [-0.15, -0.1) is 0 Å². The summed E-state index contributed by atoms with van der Waals surface area (Å²) in [6.45, 7) is 1.97. The van der Waals surface area contributed by atoms with Gasteiger partial charge in [0.1, 0.15) is 4.90 Å². The summed E-state index contributed by atoms with van der Waals surface area (Å²) in [5.41, 5.74) is 5.42. The van der Waals surface area contributed by atoms with Crippen molar-refractivity contribution in [1.82, 2.24) is 4.72 Å². The third-order valence-corrected chi connectivity index (χ3v) is 6.19. The highest BCUT2D eigenvalue weighted by molar-refractivity contribution is 7.89.